The predicted octanol–water partition coefficient (Wildman–Crippen LogP) is 4.10. The zero-order valence-corrected chi connectivity index (χ0v) is 13.0. The van der Waals surface area contributed by atoms with Crippen molar-refractivity contribution < 1.29 is 0 Å². The van der Waals surface area contributed by atoms with Gasteiger partial charge in [0.05, 0.1) is 0 Å². The smallest absolute Gasteiger partial charge is 0.0346 e. The van der Waals surface area contributed by atoms with Crippen molar-refractivity contribution in [2.24, 2.45) is 5.92 Å². The molecule has 0 aliphatic carbocycles. The van der Waals surface area contributed by atoms with Gasteiger partial charge in [0.1, 0.15) is 0 Å². The number of para-hydroxylation sites is 1. The van der Waals surface area contributed by atoms with Crippen molar-refractivity contribution >= 4 is 5.69 Å². The maximum Gasteiger partial charge on any atom is 0.0346 e. The van der Waals surface area contributed by atoms with E-state index in [9.17, 15) is 0 Å². The first-order valence-electron chi connectivity index (χ1n) is 8.35. The van der Waals surface area contributed by atoms with Crippen LogP contribution in [0.3, 0.4) is 0 Å². The standard InChI is InChI=1S/C18H30N2/c1-2-7-16-8-5-13-20(15-12-16)14-6-10-17-9-3-4-11-18(17)19/h3-4,9,11,16H,2,5-8,10,12-15,19H2,1H3. The fraction of sp³-hybridized carbons (Fsp3) is 0.667. The molecule has 0 amide bonds. The maximum absolute atomic E-state index is 6.00. The number of aryl methyl sites for hydroxylation is 1. The lowest BCUT2D eigenvalue weighted by Crippen LogP contribution is -2.26. The summed E-state index contributed by atoms with van der Waals surface area (Å²) in [5, 5.41) is 0. The Balaban J connectivity index is 1.70. The molecular formula is C18H30N2. The van der Waals surface area contributed by atoms with Gasteiger partial charge < -0.3 is 10.6 Å². The Bertz CT molecular complexity index is 389. The largest absolute Gasteiger partial charge is 0.399 e. The van der Waals surface area contributed by atoms with Gasteiger partial charge in [-0.3, -0.25) is 0 Å². The monoisotopic (exact) mass is 274 g/mol. The Morgan fingerprint density at radius 2 is 2.05 bits per heavy atom. The molecule has 1 atom stereocenters. The molecule has 1 fully saturated rings. The summed E-state index contributed by atoms with van der Waals surface area (Å²) in [7, 11) is 0. The first-order valence-corrected chi connectivity index (χ1v) is 8.35. The molecule has 1 aliphatic heterocycles. The van der Waals surface area contributed by atoms with Crippen molar-refractivity contribution in [3.05, 3.63) is 29.8 Å². The van der Waals surface area contributed by atoms with Crippen molar-refractivity contribution in [1.82, 2.24) is 4.90 Å². The van der Waals surface area contributed by atoms with Crippen molar-refractivity contribution in [2.75, 3.05) is 25.4 Å². The molecule has 0 aromatic heterocycles. The Morgan fingerprint density at radius 3 is 2.85 bits per heavy atom. The molecular weight excluding hydrogens is 244 g/mol. The minimum atomic E-state index is 0.950. The summed E-state index contributed by atoms with van der Waals surface area (Å²) in [6.45, 7) is 6.14. The van der Waals surface area contributed by atoms with Gasteiger partial charge in [-0.15, -0.1) is 0 Å². The van der Waals surface area contributed by atoms with E-state index in [4.69, 9.17) is 5.73 Å². The molecule has 2 N–H and O–H groups in total. The third-order valence-corrected chi connectivity index (χ3v) is 4.61. The molecule has 2 nitrogen and oxygen atoms in total. The van der Waals surface area contributed by atoms with Crippen LogP contribution < -0.4 is 5.73 Å². The van der Waals surface area contributed by atoms with Gasteiger partial charge in [-0.25, -0.2) is 0 Å². The second-order valence-electron chi connectivity index (χ2n) is 6.23. The van der Waals surface area contributed by atoms with E-state index in [0.29, 0.717) is 0 Å². The number of rotatable bonds is 6. The minimum Gasteiger partial charge on any atom is -0.399 e. The zero-order valence-electron chi connectivity index (χ0n) is 13.0. The summed E-state index contributed by atoms with van der Waals surface area (Å²) in [5.41, 5.74) is 8.26. The average molecular weight is 274 g/mol. The lowest BCUT2D eigenvalue weighted by molar-refractivity contribution is 0.276. The lowest BCUT2D eigenvalue weighted by atomic mass is 9.96. The number of nitrogens with zero attached hydrogens (tertiary/aromatic N) is 1. The summed E-state index contributed by atoms with van der Waals surface area (Å²) in [6, 6.07) is 8.28. The second kappa shape index (κ2) is 8.31. The van der Waals surface area contributed by atoms with Gasteiger partial charge in [0.2, 0.25) is 0 Å². The van der Waals surface area contributed by atoms with Crippen LogP contribution >= 0.6 is 0 Å². The Hall–Kier alpha value is -1.02. The van der Waals surface area contributed by atoms with Crippen LogP contribution in [0.1, 0.15) is 51.0 Å². The summed E-state index contributed by atoms with van der Waals surface area (Å²) in [5.74, 6) is 0.981. The number of likely N-dealkylation sites (tertiary alicyclic amines) is 1. The van der Waals surface area contributed by atoms with Gasteiger partial charge in [0.15, 0.2) is 0 Å². The summed E-state index contributed by atoms with van der Waals surface area (Å²) in [4.78, 5) is 2.66. The van der Waals surface area contributed by atoms with E-state index in [1.54, 1.807) is 0 Å². The number of hydrogen-bond acceptors (Lipinski definition) is 2. The highest BCUT2D eigenvalue weighted by atomic mass is 15.1. The number of nitrogens with two attached hydrogens (primary N) is 1. The third kappa shape index (κ3) is 4.82. The molecule has 0 bridgehead atoms. The number of nitrogen functional groups attached to an aromatic ring is 1. The quantitative estimate of drug-likeness (QED) is 0.791. The van der Waals surface area contributed by atoms with Gasteiger partial charge in [0.25, 0.3) is 0 Å². The highest BCUT2D eigenvalue weighted by Gasteiger charge is 2.15. The van der Waals surface area contributed by atoms with Crippen molar-refractivity contribution in [3.8, 4) is 0 Å². The Morgan fingerprint density at radius 1 is 1.20 bits per heavy atom. The van der Waals surface area contributed by atoms with Crippen molar-refractivity contribution in [2.45, 2.75) is 51.9 Å². The molecule has 0 saturated carbocycles. The molecule has 0 spiro atoms. The molecule has 1 aromatic carbocycles. The number of benzene rings is 1. The van der Waals surface area contributed by atoms with Crippen LogP contribution in [0, 0.1) is 5.92 Å². The molecule has 0 radical (unpaired) electrons. The summed E-state index contributed by atoms with van der Waals surface area (Å²) in [6.07, 6.45) is 9.34. The second-order valence-corrected chi connectivity index (χ2v) is 6.23. The van der Waals surface area contributed by atoms with Crippen LogP contribution in [0.15, 0.2) is 24.3 Å². The Labute approximate surface area is 124 Å². The lowest BCUT2D eigenvalue weighted by Gasteiger charge is -2.20. The average Bonchev–Trinajstić information content (AvgIpc) is 2.67. The maximum atomic E-state index is 6.00. The minimum absolute atomic E-state index is 0.950. The van der Waals surface area contributed by atoms with E-state index in [1.807, 2.05) is 12.1 Å². The van der Waals surface area contributed by atoms with E-state index in [1.165, 1.54) is 63.7 Å². The first kappa shape index (κ1) is 15.4. The highest BCUT2D eigenvalue weighted by Crippen LogP contribution is 2.22. The fourth-order valence-corrected chi connectivity index (χ4v) is 3.40. The van der Waals surface area contributed by atoms with E-state index < -0.39 is 0 Å². The van der Waals surface area contributed by atoms with Gasteiger partial charge in [-0.05, 0) is 69.3 Å². The van der Waals surface area contributed by atoms with Crippen LogP contribution in [0.25, 0.3) is 0 Å². The highest BCUT2D eigenvalue weighted by molar-refractivity contribution is 5.46. The molecule has 1 heterocycles. The molecule has 1 saturated heterocycles. The molecule has 20 heavy (non-hydrogen) atoms. The number of hydrogen-bond donors (Lipinski definition) is 1. The van der Waals surface area contributed by atoms with Crippen LogP contribution in [-0.2, 0) is 6.42 Å². The predicted molar refractivity (Wildman–Crippen MR) is 87.9 cm³/mol. The van der Waals surface area contributed by atoms with E-state index in [0.717, 1.165) is 18.0 Å². The van der Waals surface area contributed by atoms with Gasteiger partial charge in [0, 0.05) is 5.69 Å². The van der Waals surface area contributed by atoms with Gasteiger partial charge in [-0.1, -0.05) is 38.0 Å². The van der Waals surface area contributed by atoms with Crippen LogP contribution in [-0.4, -0.2) is 24.5 Å². The molecule has 2 rings (SSSR count). The summed E-state index contributed by atoms with van der Waals surface area (Å²) >= 11 is 0. The van der Waals surface area contributed by atoms with Crippen LogP contribution in [0.5, 0.6) is 0 Å². The fourth-order valence-electron chi connectivity index (χ4n) is 3.40. The van der Waals surface area contributed by atoms with Crippen LogP contribution in [0.2, 0.25) is 0 Å². The van der Waals surface area contributed by atoms with Crippen molar-refractivity contribution in [3.63, 3.8) is 0 Å². The third-order valence-electron chi connectivity index (χ3n) is 4.61. The number of anilines is 1. The van der Waals surface area contributed by atoms with E-state index >= 15 is 0 Å². The molecule has 1 aliphatic rings. The Kier molecular flexibility index (Phi) is 6.38. The summed E-state index contributed by atoms with van der Waals surface area (Å²) < 4.78 is 0. The van der Waals surface area contributed by atoms with E-state index in [2.05, 4.69) is 24.0 Å². The van der Waals surface area contributed by atoms with E-state index in [-0.39, 0.29) is 0 Å². The molecule has 1 aromatic rings. The SMILES string of the molecule is CCCC1CCCN(CCCc2ccccc2N)CC1. The van der Waals surface area contributed by atoms with Crippen molar-refractivity contribution in [1.29, 1.82) is 0 Å². The zero-order chi connectivity index (χ0) is 14.2. The van der Waals surface area contributed by atoms with Gasteiger partial charge >= 0.3 is 0 Å². The molecule has 1 unspecified atom stereocenters. The van der Waals surface area contributed by atoms with Crippen LogP contribution in [0.4, 0.5) is 5.69 Å². The molecule has 112 valence electrons. The topological polar surface area (TPSA) is 29.3 Å². The van der Waals surface area contributed by atoms with Gasteiger partial charge in [-0.2, -0.15) is 0 Å². The molecule has 2 heteroatoms. The first-order chi connectivity index (χ1) is 9.79. The normalized spacial score (nSPS) is 20.8.